The molecule has 0 amide bonds. The van der Waals surface area contributed by atoms with Crippen molar-refractivity contribution in [1.29, 1.82) is 0 Å². The van der Waals surface area contributed by atoms with Gasteiger partial charge in [0.05, 0.1) is 16.7 Å². The van der Waals surface area contributed by atoms with Crippen molar-refractivity contribution in [3.8, 4) is 0 Å². The van der Waals surface area contributed by atoms with Crippen LogP contribution in [0.15, 0.2) is 28.2 Å². The maximum Gasteiger partial charge on any atom is 0.108 e. The number of thiophene rings is 1. The maximum absolute atomic E-state index is 6.37. The standard InChI is InChI=1S/C11H10Cl2OS/c1-2-9-7(3-5-14-9)10(13)11-8(12)4-6-15-11/h3-6,10H,2H2,1H3. The number of rotatable bonds is 3. The Labute approximate surface area is 103 Å². The number of halogens is 2. The largest absolute Gasteiger partial charge is 0.469 e. The molecule has 0 aliphatic carbocycles. The van der Waals surface area contributed by atoms with E-state index in [1.807, 2.05) is 24.4 Å². The Balaban J connectivity index is 2.36. The summed E-state index contributed by atoms with van der Waals surface area (Å²) in [6.07, 6.45) is 2.51. The fourth-order valence-corrected chi connectivity index (χ4v) is 3.17. The molecule has 0 aliphatic rings. The van der Waals surface area contributed by atoms with Gasteiger partial charge in [0.2, 0.25) is 0 Å². The van der Waals surface area contributed by atoms with Crippen LogP contribution in [0.5, 0.6) is 0 Å². The van der Waals surface area contributed by atoms with E-state index in [-0.39, 0.29) is 5.38 Å². The van der Waals surface area contributed by atoms with Crippen molar-refractivity contribution < 1.29 is 4.42 Å². The molecule has 0 spiro atoms. The van der Waals surface area contributed by atoms with E-state index in [4.69, 9.17) is 27.6 Å². The molecule has 80 valence electrons. The summed E-state index contributed by atoms with van der Waals surface area (Å²) in [5.41, 5.74) is 1.02. The molecule has 0 N–H and O–H groups in total. The second-order valence-electron chi connectivity index (χ2n) is 3.15. The summed E-state index contributed by atoms with van der Waals surface area (Å²) < 4.78 is 5.35. The fraction of sp³-hybridized carbons (Fsp3) is 0.273. The van der Waals surface area contributed by atoms with Gasteiger partial charge in [-0.2, -0.15) is 0 Å². The summed E-state index contributed by atoms with van der Waals surface area (Å²) in [6, 6.07) is 3.77. The molecule has 0 saturated heterocycles. The maximum atomic E-state index is 6.37. The Bertz CT molecular complexity index is 447. The van der Waals surface area contributed by atoms with E-state index in [9.17, 15) is 0 Å². The predicted molar refractivity (Wildman–Crippen MR) is 65.1 cm³/mol. The average Bonchev–Trinajstić information content (AvgIpc) is 2.84. The third-order valence-electron chi connectivity index (χ3n) is 2.25. The lowest BCUT2D eigenvalue weighted by atomic mass is 10.1. The van der Waals surface area contributed by atoms with E-state index < -0.39 is 0 Å². The lowest BCUT2D eigenvalue weighted by Crippen LogP contribution is -1.93. The van der Waals surface area contributed by atoms with Gasteiger partial charge in [0, 0.05) is 16.9 Å². The number of aryl methyl sites for hydroxylation is 1. The molecule has 15 heavy (non-hydrogen) atoms. The van der Waals surface area contributed by atoms with Crippen LogP contribution in [0.4, 0.5) is 0 Å². The molecule has 0 aromatic carbocycles. The first-order chi connectivity index (χ1) is 7.24. The molecule has 2 aromatic rings. The highest BCUT2D eigenvalue weighted by Crippen LogP contribution is 2.39. The Hall–Kier alpha value is -0.440. The van der Waals surface area contributed by atoms with Crippen LogP contribution in [-0.2, 0) is 6.42 Å². The van der Waals surface area contributed by atoms with Crippen molar-refractivity contribution >= 4 is 34.5 Å². The molecule has 2 heterocycles. The topological polar surface area (TPSA) is 13.1 Å². The summed E-state index contributed by atoms with van der Waals surface area (Å²) in [6.45, 7) is 2.04. The third-order valence-corrected chi connectivity index (χ3v) is 4.26. The van der Waals surface area contributed by atoms with Crippen LogP contribution in [-0.4, -0.2) is 0 Å². The lowest BCUT2D eigenvalue weighted by molar-refractivity contribution is 0.512. The van der Waals surface area contributed by atoms with Crippen molar-refractivity contribution in [2.45, 2.75) is 18.7 Å². The first-order valence-electron chi connectivity index (χ1n) is 4.67. The average molecular weight is 261 g/mol. The van der Waals surface area contributed by atoms with E-state index >= 15 is 0 Å². The first-order valence-corrected chi connectivity index (χ1v) is 6.36. The van der Waals surface area contributed by atoms with Gasteiger partial charge in [-0.3, -0.25) is 0 Å². The molecule has 0 saturated carbocycles. The van der Waals surface area contributed by atoms with Gasteiger partial charge in [0.15, 0.2) is 0 Å². The van der Waals surface area contributed by atoms with Gasteiger partial charge in [-0.25, -0.2) is 0 Å². The minimum atomic E-state index is -0.203. The van der Waals surface area contributed by atoms with Crippen LogP contribution >= 0.6 is 34.5 Å². The summed E-state index contributed by atoms with van der Waals surface area (Å²) in [5, 5.41) is 2.47. The lowest BCUT2D eigenvalue weighted by Gasteiger charge is -2.07. The Morgan fingerprint density at radius 1 is 1.47 bits per heavy atom. The molecular formula is C11H10Cl2OS. The van der Waals surface area contributed by atoms with E-state index in [0.717, 1.165) is 27.6 Å². The van der Waals surface area contributed by atoms with Gasteiger partial charge in [-0.05, 0) is 17.5 Å². The number of furan rings is 1. The molecule has 0 bridgehead atoms. The zero-order valence-corrected chi connectivity index (χ0v) is 10.5. The number of hydrogen-bond donors (Lipinski definition) is 0. The van der Waals surface area contributed by atoms with E-state index in [0.29, 0.717) is 0 Å². The monoisotopic (exact) mass is 260 g/mol. The van der Waals surface area contributed by atoms with Crippen LogP contribution < -0.4 is 0 Å². The van der Waals surface area contributed by atoms with Crippen molar-refractivity contribution in [2.75, 3.05) is 0 Å². The Morgan fingerprint density at radius 3 is 2.87 bits per heavy atom. The smallest absolute Gasteiger partial charge is 0.108 e. The summed E-state index contributed by atoms with van der Waals surface area (Å²) in [7, 11) is 0. The molecule has 0 fully saturated rings. The minimum absolute atomic E-state index is 0.203. The molecule has 0 aliphatic heterocycles. The summed E-state index contributed by atoms with van der Waals surface area (Å²) in [4.78, 5) is 0.981. The molecule has 1 nitrogen and oxygen atoms in total. The van der Waals surface area contributed by atoms with Crippen molar-refractivity contribution in [3.63, 3.8) is 0 Å². The molecule has 0 radical (unpaired) electrons. The first kappa shape index (κ1) is 11.1. The predicted octanol–water partition coefficient (Wildman–Crippen LogP) is 4.89. The van der Waals surface area contributed by atoms with Crippen molar-refractivity contribution in [1.82, 2.24) is 0 Å². The highest BCUT2D eigenvalue weighted by Gasteiger charge is 2.19. The highest BCUT2D eigenvalue weighted by molar-refractivity contribution is 7.11. The van der Waals surface area contributed by atoms with Crippen LogP contribution in [0.3, 0.4) is 0 Å². The Morgan fingerprint density at radius 2 is 2.27 bits per heavy atom. The van der Waals surface area contributed by atoms with Crippen LogP contribution in [0.1, 0.15) is 28.5 Å². The SMILES string of the molecule is CCc1occc1C(Cl)c1sccc1Cl. The fourth-order valence-electron chi connectivity index (χ4n) is 1.49. The second kappa shape index (κ2) is 4.60. The molecule has 2 rings (SSSR count). The minimum Gasteiger partial charge on any atom is -0.469 e. The van der Waals surface area contributed by atoms with E-state index in [2.05, 4.69) is 0 Å². The third kappa shape index (κ3) is 2.07. The van der Waals surface area contributed by atoms with Gasteiger partial charge >= 0.3 is 0 Å². The summed E-state index contributed by atoms with van der Waals surface area (Å²) >= 11 is 14.0. The number of alkyl halides is 1. The zero-order chi connectivity index (χ0) is 10.8. The van der Waals surface area contributed by atoms with Gasteiger partial charge in [-0.1, -0.05) is 18.5 Å². The molecule has 4 heteroatoms. The van der Waals surface area contributed by atoms with Crippen LogP contribution in [0.2, 0.25) is 5.02 Å². The molecule has 1 atom stereocenters. The normalized spacial score (nSPS) is 13.0. The Kier molecular flexibility index (Phi) is 3.39. The zero-order valence-electron chi connectivity index (χ0n) is 8.17. The van der Waals surface area contributed by atoms with Crippen molar-refractivity contribution in [3.05, 3.63) is 45.0 Å². The summed E-state index contributed by atoms with van der Waals surface area (Å²) in [5.74, 6) is 0.930. The van der Waals surface area contributed by atoms with E-state index in [1.54, 1.807) is 17.6 Å². The second-order valence-corrected chi connectivity index (χ2v) is 4.94. The molecule has 2 aromatic heterocycles. The van der Waals surface area contributed by atoms with Crippen LogP contribution in [0.25, 0.3) is 0 Å². The van der Waals surface area contributed by atoms with Crippen LogP contribution in [0, 0.1) is 0 Å². The highest BCUT2D eigenvalue weighted by atomic mass is 35.5. The van der Waals surface area contributed by atoms with Gasteiger partial charge in [-0.15, -0.1) is 22.9 Å². The van der Waals surface area contributed by atoms with Gasteiger partial charge < -0.3 is 4.42 Å². The molecular weight excluding hydrogens is 251 g/mol. The quantitative estimate of drug-likeness (QED) is 0.717. The van der Waals surface area contributed by atoms with E-state index in [1.165, 1.54) is 0 Å². The van der Waals surface area contributed by atoms with Gasteiger partial charge in [0.1, 0.15) is 5.76 Å². The van der Waals surface area contributed by atoms with Gasteiger partial charge in [0.25, 0.3) is 0 Å². The molecule has 1 unspecified atom stereocenters. The number of hydrogen-bond acceptors (Lipinski definition) is 2. The van der Waals surface area contributed by atoms with Crippen molar-refractivity contribution in [2.24, 2.45) is 0 Å².